The van der Waals surface area contributed by atoms with Crippen molar-refractivity contribution < 1.29 is 9.15 Å². The van der Waals surface area contributed by atoms with E-state index in [0.29, 0.717) is 17.6 Å². The molecule has 1 aromatic carbocycles. The smallest absolute Gasteiger partial charge is 0.434 e. The molecule has 0 aliphatic carbocycles. The van der Waals surface area contributed by atoms with E-state index >= 15 is 0 Å². The summed E-state index contributed by atoms with van der Waals surface area (Å²) in [6.45, 7) is 4.03. The summed E-state index contributed by atoms with van der Waals surface area (Å²) in [7, 11) is 0. The van der Waals surface area contributed by atoms with Gasteiger partial charge in [-0.1, -0.05) is 18.2 Å². The second kappa shape index (κ2) is 5.77. The number of benzene rings is 1. The van der Waals surface area contributed by atoms with Crippen LogP contribution < -0.4 is 10.5 Å². The molecule has 5 nitrogen and oxygen atoms in total. The second-order valence-electron chi connectivity index (χ2n) is 3.84. The molecule has 2 aromatic rings. The number of para-hydroxylation sites is 1. The van der Waals surface area contributed by atoms with Crippen LogP contribution in [0.25, 0.3) is 0 Å². The zero-order chi connectivity index (χ0) is 13.0. The van der Waals surface area contributed by atoms with Crippen LogP contribution >= 0.6 is 11.8 Å². The third-order valence-corrected chi connectivity index (χ3v) is 3.14. The summed E-state index contributed by atoms with van der Waals surface area (Å²) in [5, 5.41) is 5.93. The molecule has 0 bridgehead atoms. The van der Waals surface area contributed by atoms with Crippen molar-refractivity contribution in [1.82, 2.24) is 10.2 Å². The van der Waals surface area contributed by atoms with E-state index in [4.69, 9.17) is 9.15 Å². The van der Waals surface area contributed by atoms with E-state index in [2.05, 4.69) is 10.2 Å². The van der Waals surface area contributed by atoms with Crippen LogP contribution in [0.2, 0.25) is 0 Å². The van der Waals surface area contributed by atoms with E-state index in [-0.39, 0.29) is 0 Å². The van der Waals surface area contributed by atoms with Gasteiger partial charge in [-0.25, -0.2) is 9.89 Å². The Bertz CT molecular complexity index is 556. The predicted molar refractivity (Wildman–Crippen MR) is 69.8 cm³/mol. The van der Waals surface area contributed by atoms with Crippen molar-refractivity contribution in [3.8, 4) is 5.75 Å². The standard InChI is InChI=1S/C12H14N2O3S/c1-8-4-3-5-9(2)11(8)16-7-18-6-10-13-14-12(15)17-10/h3-5H,6-7H2,1-2H3,(H,14,15). The van der Waals surface area contributed by atoms with Gasteiger partial charge in [0, 0.05) is 0 Å². The lowest BCUT2D eigenvalue weighted by Gasteiger charge is -2.10. The lowest BCUT2D eigenvalue weighted by Crippen LogP contribution is -1.97. The molecule has 1 heterocycles. The minimum Gasteiger partial charge on any atom is -0.482 e. The van der Waals surface area contributed by atoms with E-state index in [9.17, 15) is 4.79 Å². The largest absolute Gasteiger partial charge is 0.482 e. The molecule has 0 saturated carbocycles. The number of hydrogen-bond donors (Lipinski definition) is 1. The van der Waals surface area contributed by atoms with Crippen LogP contribution in [-0.2, 0) is 5.75 Å². The first kappa shape index (κ1) is 12.8. The molecule has 96 valence electrons. The lowest BCUT2D eigenvalue weighted by atomic mass is 10.1. The molecule has 0 radical (unpaired) electrons. The fraction of sp³-hybridized carbons (Fsp3) is 0.333. The fourth-order valence-electron chi connectivity index (χ4n) is 1.58. The van der Waals surface area contributed by atoms with Gasteiger partial charge in [0.25, 0.3) is 0 Å². The minimum absolute atomic E-state index is 0.384. The van der Waals surface area contributed by atoms with Crippen molar-refractivity contribution >= 4 is 11.8 Å². The average molecular weight is 266 g/mol. The lowest BCUT2D eigenvalue weighted by molar-refractivity contribution is 0.386. The highest BCUT2D eigenvalue weighted by atomic mass is 32.2. The third kappa shape index (κ3) is 3.16. The van der Waals surface area contributed by atoms with Gasteiger partial charge in [0.05, 0.1) is 5.75 Å². The topological polar surface area (TPSA) is 68.1 Å². The molecule has 0 saturated heterocycles. The summed E-state index contributed by atoms with van der Waals surface area (Å²) in [5.41, 5.74) is 2.23. The first-order valence-electron chi connectivity index (χ1n) is 5.48. The molecule has 0 aliphatic rings. The van der Waals surface area contributed by atoms with Gasteiger partial charge in [0.1, 0.15) is 11.7 Å². The fourth-order valence-corrected chi connectivity index (χ4v) is 2.16. The van der Waals surface area contributed by atoms with Crippen molar-refractivity contribution in [2.24, 2.45) is 0 Å². The summed E-state index contributed by atoms with van der Waals surface area (Å²) in [6.07, 6.45) is 0. The molecule has 2 rings (SSSR count). The molecule has 18 heavy (non-hydrogen) atoms. The van der Waals surface area contributed by atoms with E-state index < -0.39 is 5.76 Å². The molecular formula is C12H14N2O3S. The van der Waals surface area contributed by atoms with Gasteiger partial charge in [0.2, 0.25) is 5.89 Å². The molecule has 0 spiro atoms. The van der Waals surface area contributed by atoms with Crippen molar-refractivity contribution in [1.29, 1.82) is 0 Å². The number of aryl methyl sites for hydroxylation is 2. The van der Waals surface area contributed by atoms with E-state index in [1.807, 2.05) is 32.0 Å². The van der Waals surface area contributed by atoms with E-state index in [0.717, 1.165) is 16.9 Å². The summed E-state index contributed by atoms with van der Waals surface area (Å²) in [4.78, 5) is 10.7. The average Bonchev–Trinajstić information content (AvgIpc) is 2.73. The summed E-state index contributed by atoms with van der Waals surface area (Å²) < 4.78 is 10.5. The van der Waals surface area contributed by atoms with E-state index in [1.54, 1.807) is 0 Å². The summed E-state index contributed by atoms with van der Waals surface area (Å²) in [5.74, 6) is 1.76. The maximum atomic E-state index is 10.7. The van der Waals surface area contributed by atoms with Crippen LogP contribution in [0.1, 0.15) is 17.0 Å². The third-order valence-electron chi connectivity index (χ3n) is 2.40. The van der Waals surface area contributed by atoms with E-state index in [1.165, 1.54) is 11.8 Å². The van der Waals surface area contributed by atoms with Gasteiger partial charge in [-0.3, -0.25) is 0 Å². The highest BCUT2D eigenvalue weighted by molar-refractivity contribution is 7.98. The Labute approximate surface area is 109 Å². The van der Waals surface area contributed by atoms with Crippen LogP contribution in [0.15, 0.2) is 27.4 Å². The van der Waals surface area contributed by atoms with Gasteiger partial charge in [-0.15, -0.1) is 16.9 Å². The Morgan fingerprint density at radius 3 is 2.72 bits per heavy atom. The molecule has 1 aromatic heterocycles. The Morgan fingerprint density at radius 1 is 1.39 bits per heavy atom. The van der Waals surface area contributed by atoms with Gasteiger partial charge in [-0.05, 0) is 25.0 Å². The number of nitrogens with one attached hydrogen (secondary N) is 1. The zero-order valence-electron chi connectivity index (χ0n) is 10.2. The minimum atomic E-state index is -0.527. The van der Waals surface area contributed by atoms with Crippen LogP contribution in [-0.4, -0.2) is 16.1 Å². The predicted octanol–water partition coefficient (Wildman–Crippen LogP) is 2.25. The molecule has 0 amide bonds. The molecule has 6 heteroatoms. The number of H-pyrrole nitrogens is 1. The monoisotopic (exact) mass is 266 g/mol. The quantitative estimate of drug-likeness (QED) is 0.664. The van der Waals surface area contributed by atoms with Crippen molar-refractivity contribution in [2.75, 3.05) is 5.94 Å². The SMILES string of the molecule is Cc1cccc(C)c1OCSCc1n[nH]c(=O)o1. The Hall–Kier alpha value is -1.69. The first-order valence-corrected chi connectivity index (χ1v) is 6.63. The van der Waals surface area contributed by atoms with Crippen LogP contribution in [0.4, 0.5) is 0 Å². The number of thioether (sulfide) groups is 1. The van der Waals surface area contributed by atoms with Crippen LogP contribution in [0.5, 0.6) is 5.75 Å². The van der Waals surface area contributed by atoms with Gasteiger partial charge in [0.15, 0.2) is 0 Å². The molecule has 0 fully saturated rings. The molecule has 0 unspecified atom stereocenters. The molecule has 0 atom stereocenters. The summed E-state index contributed by atoms with van der Waals surface area (Å²) in [6, 6.07) is 6.03. The van der Waals surface area contributed by atoms with Gasteiger partial charge < -0.3 is 9.15 Å². The van der Waals surface area contributed by atoms with Crippen LogP contribution in [0.3, 0.4) is 0 Å². The number of aromatic amines is 1. The highest BCUT2D eigenvalue weighted by Gasteiger charge is 2.04. The first-order chi connectivity index (χ1) is 8.66. The number of aromatic nitrogens is 2. The second-order valence-corrected chi connectivity index (χ2v) is 4.77. The number of ether oxygens (including phenoxy) is 1. The maximum absolute atomic E-state index is 10.7. The maximum Gasteiger partial charge on any atom is 0.434 e. The molecule has 1 N–H and O–H groups in total. The number of rotatable bonds is 5. The van der Waals surface area contributed by atoms with Crippen LogP contribution in [0, 0.1) is 13.8 Å². The Balaban J connectivity index is 1.84. The Kier molecular flexibility index (Phi) is 4.09. The van der Waals surface area contributed by atoms with Crippen molar-refractivity contribution in [3.63, 3.8) is 0 Å². The molecular weight excluding hydrogens is 252 g/mol. The van der Waals surface area contributed by atoms with Crippen molar-refractivity contribution in [2.45, 2.75) is 19.6 Å². The van der Waals surface area contributed by atoms with Gasteiger partial charge >= 0.3 is 5.76 Å². The highest BCUT2D eigenvalue weighted by Crippen LogP contribution is 2.23. The summed E-state index contributed by atoms with van der Waals surface area (Å²) >= 11 is 1.49. The number of hydrogen-bond acceptors (Lipinski definition) is 5. The van der Waals surface area contributed by atoms with Crippen molar-refractivity contribution in [3.05, 3.63) is 45.8 Å². The zero-order valence-corrected chi connectivity index (χ0v) is 11.0. The van der Waals surface area contributed by atoms with Gasteiger partial charge in [-0.2, -0.15) is 0 Å². The Morgan fingerprint density at radius 2 is 2.11 bits per heavy atom. The normalized spacial score (nSPS) is 10.6. The molecule has 0 aliphatic heterocycles. The number of nitrogens with zero attached hydrogens (tertiary/aromatic N) is 1.